The monoisotopic (exact) mass is 489 g/mol. The van der Waals surface area contributed by atoms with Gasteiger partial charge in [0.1, 0.15) is 0 Å². The minimum absolute atomic E-state index is 0.0830. The molecule has 1 heterocycles. The fourth-order valence-corrected chi connectivity index (χ4v) is 4.03. The molecule has 0 saturated heterocycles. The van der Waals surface area contributed by atoms with Crippen LogP contribution in [0.5, 0.6) is 0 Å². The van der Waals surface area contributed by atoms with Crippen LogP contribution in [-0.4, -0.2) is 48.4 Å². The van der Waals surface area contributed by atoms with E-state index in [0.717, 1.165) is 0 Å². The van der Waals surface area contributed by atoms with Crippen molar-refractivity contribution in [2.45, 2.75) is 37.8 Å². The Morgan fingerprint density at radius 1 is 0.971 bits per heavy atom. The van der Waals surface area contributed by atoms with Crippen LogP contribution in [0.15, 0.2) is 52.2 Å². The first-order valence-corrected chi connectivity index (χ1v) is 11.6. The van der Waals surface area contributed by atoms with Gasteiger partial charge < -0.3 is 20.0 Å². The number of benzene rings is 2. The third kappa shape index (κ3) is 5.81. The van der Waals surface area contributed by atoms with Crippen LogP contribution in [0.25, 0.3) is 11.0 Å². The second kappa shape index (κ2) is 9.79. The molecule has 0 saturated carbocycles. The van der Waals surface area contributed by atoms with Gasteiger partial charge in [-0.15, -0.1) is 0 Å². The largest absolute Gasteiger partial charge is 0.449 e. The number of carbonyl (C=O) groups excluding carboxylic acids is 3. The topological polar surface area (TPSA) is 179 Å². The summed E-state index contributed by atoms with van der Waals surface area (Å²) in [5.74, 6) is -1.83. The van der Waals surface area contributed by atoms with Crippen LogP contribution in [0.4, 0.5) is 10.5 Å². The molecule has 3 amide bonds. The van der Waals surface area contributed by atoms with Crippen molar-refractivity contribution >= 4 is 44.7 Å². The minimum Gasteiger partial charge on any atom is -0.449 e. The summed E-state index contributed by atoms with van der Waals surface area (Å²) in [5.41, 5.74) is 0.0171. The lowest BCUT2D eigenvalue weighted by molar-refractivity contribution is -0.127. The van der Waals surface area contributed by atoms with Crippen LogP contribution in [-0.2, 0) is 19.6 Å². The number of nitrogens with one attached hydrogen (secondary N) is 5. The van der Waals surface area contributed by atoms with Gasteiger partial charge in [-0.3, -0.25) is 14.8 Å². The van der Waals surface area contributed by atoms with Crippen molar-refractivity contribution in [1.29, 1.82) is 0 Å². The van der Waals surface area contributed by atoms with Gasteiger partial charge in [-0.25, -0.2) is 22.8 Å². The number of H-pyrrole nitrogens is 2. The highest BCUT2D eigenvalue weighted by Crippen LogP contribution is 2.23. The molecule has 12 nitrogen and oxygen atoms in total. The third-order valence-corrected chi connectivity index (χ3v) is 5.86. The SMILES string of the molecule is CC(C)NC(=O)NC(=O)C(C)OC(=O)c1ccccc1NS(=O)(=O)c1ccc2[nH]c(=O)[nH]c2c1. The summed E-state index contributed by atoms with van der Waals surface area (Å²) in [6.45, 7) is 4.69. The number of hydrogen-bond acceptors (Lipinski definition) is 7. The molecule has 13 heteroatoms. The maximum Gasteiger partial charge on any atom is 0.341 e. The molecule has 0 spiro atoms. The molecule has 0 aliphatic carbocycles. The lowest BCUT2D eigenvalue weighted by Gasteiger charge is -2.16. The summed E-state index contributed by atoms with van der Waals surface area (Å²) >= 11 is 0. The van der Waals surface area contributed by atoms with E-state index in [4.69, 9.17) is 4.74 Å². The number of urea groups is 1. The van der Waals surface area contributed by atoms with Gasteiger partial charge in [0.15, 0.2) is 6.10 Å². The molecule has 3 aromatic rings. The lowest BCUT2D eigenvalue weighted by atomic mass is 10.2. The molecule has 1 unspecified atom stereocenters. The number of ether oxygens (including phenoxy) is 1. The van der Waals surface area contributed by atoms with Crippen molar-refractivity contribution < 1.29 is 27.5 Å². The van der Waals surface area contributed by atoms with E-state index in [1.807, 2.05) is 0 Å². The summed E-state index contributed by atoms with van der Waals surface area (Å²) in [6.07, 6.45) is -1.33. The molecule has 34 heavy (non-hydrogen) atoms. The van der Waals surface area contributed by atoms with E-state index >= 15 is 0 Å². The number of imide groups is 1. The molecule has 3 rings (SSSR count). The first kappa shape index (κ1) is 24.5. The van der Waals surface area contributed by atoms with Gasteiger partial charge in [0.2, 0.25) is 0 Å². The van der Waals surface area contributed by atoms with Gasteiger partial charge in [0, 0.05) is 6.04 Å². The van der Waals surface area contributed by atoms with E-state index in [2.05, 4.69) is 25.3 Å². The number of sulfonamides is 1. The second-order valence-electron chi connectivity index (χ2n) is 7.60. The average Bonchev–Trinajstić information content (AvgIpc) is 3.12. The van der Waals surface area contributed by atoms with Crippen molar-refractivity contribution in [3.05, 3.63) is 58.5 Å². The number of amides is 3. The number of hydrogen-bond donors (Lipinski definition) is 5. The van der Waals surface area contributed by atoms with E-state index in [0.29, 0.717) is 11.0 Å². The van der Waals surface area contributed by atoms with Gasteiger partial charge in [-0.2, -0.15) is 0 Å². The number of fused-ring (bicyclic) bond motifs is 1. The highest BCUT2D eigenvalue weighted by Gasteiger charge is 2.24. The Labute approximate surface area is 194 Å². The number of carbonyl (C=O) groups is 3. The standard InChI is InChI=1S/C21H23N5O7S/c1-11(2)22-20(29)25-18(27)12(3)33-19(28)14-6-4-5-7-15(14)26-34(31,32)13-8-9-16-17(10-13)24-21(30)23-16/h4-12,26H,1-3H3,(H2,23,24,30)(H2,22,25,27,29). The molecule has 0 aliphatic rings. The average molecular weight is 490 g/mol. The first-order valence-electron chi connectivity index (χ1n) is 10.1. The summed E-state index contributed by atoms with van der Waals surface area (Å²) in [6, 6.07) is 8.72. The van der Waals surface area contributed by atoms with Crippen molar-refractivity contribution in [3.8, 4) is 0 Å². The Bertz CT molecular complexity index is 1410. The minimum atomic E-state index is -4.15. The van der Waals surface area contributed by atoms with Crippen LogP contribution >= 0.6 is 0 Å². The number of anilines is 1. The summed E-state index contributed by atoms with van der Waals surface area (Å²) in [5, 5.41) is 4.52. The molecule has 0 fully saturated rings. The molecule has 0 radical (unpaired) electrons. The fourth-order valence-electron chi connectivity index (χ4n) is 2.92. The predicted octanol–water partition coefficient (Wildman–Crippen LogP) is 1.44. The third-order valence-electron chi connectivity index (χ3n) is 4.50. The normalized spacial score (nSPS) is 12.2. The Kier molecular flexibility index (Phi) is 7.05. The van der Waals surface area contributed by atoms with Gasteiger partial charge in [0.25, 0.3) is 15.9 Å². The number of esters is 1. The first-order chi connectivity index (χ1) is 16.0. The second-order valence-corrected chi connectivity index (χ2v) is 9.28. The summed E-state index contributed by atoms with van der Waals surface area (Å²) in [4.78, 5) is 52.7. The Morgan fingerprint density at radius 3 is 2.35 bits per heavy atom. The van der Waals surface area contributed by atoms with Crippen LogP contribution in [0.3, 0.4) is 0 Å². The van der Waals surface area contributed by atoms with Crippen LogP contribution in [0, 0.1) is 0 Å². The lowest BCUT2D eigenvalue weighted by Crippen LogP contribution is -2.46. The molecule has 0 bridgehead atoms. The molecule has 180 valence electrons. The van der Waals surface area contributed by atoms with Crippen molar-refractivity contribution in [1.82, 2.24) is 20.6 Å². The Hall–Kier alpha value is -4.13. The zero-order valence-electron chi connectivity index (χ0n) is 18.5. The fraction of sp³-hybridized carbons (Fsp3) is 0.238. The highest BCUT2D eigenvalue weighted by molar-refractivity contribution is 7.92. The molecule has 2 aromatic carbocycles. The van der Waals surface area contributed by atoms with Crippen LogP contribution < -0.4 is 21.0 Å². The van der Waals surface area contributed by atoms with E-state index in [1.165, 1.54) is 49.4 Å². The number of imidazole rings is 1. The van der Waals surface area contributed by atoms with Crippen molar-refractivity contribution in [2.24, 2.45) is 0 Å². The van der Waals surface area contributed by atoms with Crippen LogP contribution in [0.2, 0.25) is 0 Å². The summed E-state index contributed by atoms with van der Waals surface area (Å²) in [7, 11) is -4.15. The molecule has 0 aliphatic heterocycles. The van der Waals surface area contributed by atoms with Crippen molar-refractivity contribution in [2.75, 3.05) is 4.72 Å². The molecular weight excluding hydrogens is 466 g/mol. The number of rotatable bonds is 7. The van der Waals surface area contributed by atoms with E-state index in [9.17, 15) is 27.6 Å². The van der Waals surface area contributed by atoms with Gasteiger partial charge >= 0.3 is 17.7 Å². The maximum atomic E-state index is 12.9. The zero-order chi connectivity index (χ0) is 25.0. The van der Waals surface area contributed by atoms with E-state index in [-0.39, 0.29) is 22.2 Å². The van der Waals surface area contributed by atoms with Crippen molar-refractivity contribution in [3.63, 3.8) is 0 Å². The predicted molar refractivity (Wildman–Crippen MR) is 123 cm³/mol. The van der Waals surface area contributed by atoms with Gasteiger partial charge in [-0.05, 0) is 51.1 Å². The molecular formula is C21H23N5O7S. The molecule has 1 atom stereocenters. The number of aromatic nitrogens is 2. The number of para-hydroxylation sites is 1. The van der Waals surface area contributed by atoms with E-state index in [1.54, 1.807) is 13.8 Å². The maximum absolute atomic E-state index is 12.9. The quantitative estimate of drug-likeness (QED) is 0.311. The van der Waals surface area contributed by atoms with Gasteiger partial charge in [0.05, 0.1) is 27.2 Å². The van der Waals surface area contributed by atoms with Crippen LogP contribution in [0.1, 0.15) is 31.1 Å². The Morgan fingerprint density at radius 2 is 1.65 bits per heavy atom. The zero-order valence-corrected chi connectivity index (χ0v) is 19.3. The molecule has 5 N–H and O–H groups in total. The highest BCUT2D eigenvalue weighted by atomic mass is 32.2. The number of aromatic amines is 2. The Balaban J connectivity index is 1.76. The van der Waals surface area contributed by atoms with E-state index < -0.39 is 39.7 Å². The molecule has 1 aromatic heterocycles. The summed E-state index contributed by atoms with van der Waals surface area (Å²) < 4.78 is 33.2. The smallest absolute Gasteiger partial charge is 0.341 e. The van der Waals surface area contributed by atoms with Gasteiger partial charge in [-0.1, -0.05) is 12.1 Å².